The molecule has 1 heteroatoms. The average molecular weight is 399 g/mol. The van der Waals surface area contributed by atoms with Crippen molar-refractivity contribution in [2.75, 3.05) is 6.67 Å². The van der Waals surface area contributed by atoms with E-state index < -0.39 is 0 Å². The van der Waals surface area contributed by atoms with Crippen molar-refractivity contribution in [3.63, 3.8) is 0 Å². The number of hydrogen-bond acceptors (Lipinski definition) is 0. The average Bonchev–Trinajstić information content (AvgIpc) is 2.79. The molecule has 0 bridgehead atoms. The summed E-state index contributed by atoms with van der Waals surface area (Å²) in [6, 6.07) is 9.32. The summed E-state index contributed by atoms with van der Waals surface area (Å²) < 4.78 is 12.4. The molecule has 0 radical (unpaired) electrons. The first kappa shape index (κ1) is 21.4. The quantitative estimate of drug-likeness (QED) is 0.450. The third-order valence-electron chi connectivity index (χ3n) is 9.11. The lowest BCUT2D eigenvalue weighted by Gasteiger charge is -2.41. The molecule has 3 saturated carbocycles. The zero-order chi connectivity index (χ0) is 20.1. The summed E-state index contributed by atoms with van der Waals surface area (Å²) in [5.74, 6) is 5.69. The highest BCUT2D eigenvalue weighted by atomic mass is 19.1. The van der Waals surface area contributed by atoms with E-state index in [4.69, 9.17) is 0 Å². The van der Waals surface area contributed by atoms with Gasteiger partial charge in [-0.25, -0.2) is 0 Å². The molecule has 0 aliphatic heterocycles. The topological polar surface area (TPSA) is 0 Å². The number of hydrogen-bond donors (Lipinski definition) is 0. The summed E-state index contributed by atoms with van der Waals surface area (Å²) in [5, 5.41) is 0. The highest BCUT2D eigenvalue weighted by Crippen LogP contribution is 2.47. The molecular formula is C28H43F. The summed E-state index contributed by atoms with van der Waals surface area (Å²) in [6.45, 7) is 2.08. The largest absolute Gasteiger partial charge is 0.251 e. The Morgan fingerprint density at radius 3 is 1.59 bits per heavy atom. The Bertz CT molecular complexity index is 581. The first-order valence-electron chi connectivity index (χ1n) is 12.9. The molecule has 1 aromatic rings. The van der Waals surface area contributed by atoms with Crippen molar-refractivity contribution in [3.8, 4) is 0 Å². The first-order valence-corrected chi connectivity index (χ1v) is 12.9. The molecule has 3 aliphatic carbocycles. The lowest BCUT2D eigenvalue weighted by Crippen LogP contribution is -2.29. The van der Waals surface area contributed by atoms with Gasteiger partial charge < -0.3 is 0 Å². The van der Waals surface area contributed by atoms with E-state index in [0.29, 0.717) is 0 Å². The molecule has 0 N–H and O–H groups in total. The molecule has 0 amide bonds. The minimum atomic E-state index is -0.114. The molecule has 4 rings (SSSR count). The predicted octanol–water partition coefficient (Wildman–Crippen LogP) is 8.63. The minimum Gasteiger partial charge on any atom is -0.251 e. The van der Waals surface area contributed by atoms with Crippen LogP contribution < -0.4 is 0 Å². The second kappa shape index (κ2) is 10.5. The fourth-order valence-corrected chi connectivity index (χ4v) is 7.16. The van der Waals surface area contributed by atoms with E-state index in [-0.39, 0.29) is 6.67 Å². The van der Waals surface area contributed by atoms with Crippen LogP contribution in [-0.2, 0) is 0 Å². The molecule has 0 atom stereocenters. The van der Waals surface area contributed by atoms with Gasteiger partial charge in [0.2, 0.25) is 0 Å². The molecule has 0 aromatic heterocycles. The molecule has 0 nitrogen and oxygen atoms in total. The van der Waals surface area contributed by atoms with E-state index in [1.807, 2.05) is 0 Å². The van der Waals surface area contributed by atoms with Crippen LogP contribution in [0.4, 0.5) is 4.39 Å². The summed E-state index contributed by atoms with van der Waals surface area (Å²) in [4.78, 5) is 0. The van der Waals surface area contributed by atoms with Crippen molar-refractivity contribution in [2.45, 2.75) is 103 Å². The van der Waals surface area contributed by atoms with Crippen LogP contribution in [0, 0.1) is 36.5 Å². The molecule has 29 heavy (non-hydrogen) atoms. The zero-order valence-electron chi connectivity index (χ0n) is 18.8. The summed E-state index contributed by atoms with van der Waals surface area (Å²) in [6.07, 6.45) is 19.4. The van der Waals surface area contributed by atoms with Crippen LogP contribution in [0.3, 0.4) is 0 Å². The summed E-state index contributed by atoms with van der Waals surface area (Å²) >= 11 is 0. The summed E-state index contributed by atoms with van der Waals surface area (Å²) in [5.41, 5.74) is 2.97. The van der Waals surface area contributed by atoms with Crippen molar-refractivity contribution in [1.29, 1.82) is 0 Å². The number of aryl methyl sites for hydroxylation is 1. The Labute approximate surface area is 179 Å². The highest BCUT2D eigenvalue weighted by molar-refractivity contribution is 5.24. The van der Waals surface area contributed by atoms with Gasteiger partial charge in [0.25, 0.3) is 0 Å². The van der Waals surface area contributed by atoms with Gasteiger partial charge in [0.1, 0.15) is 0 Å². The van der Waals surface area contributed by atoms with E-state index in [1.165, 1.54) is 82.6 Å². The second-order valence-corrected chi connectivity index (χ2v) is 10.8. The summed E-state index contributed by atoms with van der Waals surface area (Å²) in [7, 11) is 0. The SMILES string of the molecule is Cc1ccc(C2CCC([C@H]3CC[C@H]([C@H]4CC[C@H](CCCF)CC4)CC3)CC2)cc1. The van der Waals surface area contributed by atoms with Gasteiger partial charge in [-0.3, -0.25) is 4.39 Å². The van der Waals surface area contributed by atoms with Gasteiger partial charge in [-0.15, -0.1) is 0 Å². The molecule has 162 valence electrons. The van der Waals surface area contributed by atoms with Gasteiger partial charge in [-0.05, 0) is 125 Å². The molecule has 0 saturated heterocycles. The smallest absolute Gasteiger partial charge is 0.0894 e. The highest BCUT2D eigenvalue weighted by Gasteiger charge is 2.34. The molecule has 3 fully saturated rings. The number of benzene rings is 1. The third kappa shape index (κ3) is 5.65. The predicted molar refractivity (Wildman–Crippen MR) is 122 cm³/mol. The zero-order valence-corrected chi connectivity index (χ0v) is 18.8. The van der Waals surface area contributed by atoms with E-state index in [9.17, 15) is 4.39 Å². The van der Waals surface area contributed by atoms with Gasteiger partial charge >= 0.3 is 0 Å². The maximum absolute atomic E-state index is 12.4. The fraction of sp³-hybridized carbons (Fsp3) is 0.786. The standard InChI is InChI=1S/C28H43F/c1-21-4-8-23(9-5-21)25-12-16-27(17-13-25)28-18-14-26(15-19-28)24-10-6-22(7-11-24)3-2-20-29/h4-5,8-9,22,24-28H,2-3,6-7,10-20H2,1H3/t22-,24-,25?,26-,27?,28-. The Morgan fingerprint density at radius 2 is 1.10 bits per heavy atom. The van der Waals surface area contributed by atoms with Gasteiger partial charge in [0.15, 0.2) is 0 Å². The molecule has 0 heterocycles. The van der Waals surface area contributed by atoms with Crippen LogP contribution in [0.1, 0.15) is 107 Å². The van der Waals surface area contributed by atoms with E-state index in [2.05, 4.69) is 31.2 Å². The van der Waals surface area contributed by atoms with Crippen LogP contribution >= 0.6 is 0 Å². The maximum atomic E-state index is 12.4. The van der Waals surface area contributed by atoms with Crippen LogP contribution in [0.5, 0.6) is 0 Å². The van der Waals surface area contributed by atoms with Crippen molar-refractivity contribution < 1.29 is 4.39 Å². The molecule has 0 unspecified atom stereocenters. The van der Waals surface area contributed by atoms with Gasteiger partial charge in [0.05, 0.1) is 6.67 Å². The van der Waals surface area contributed by atoms with Crippen molar-refractivity contribution in [1.82, 2.24) is 0 Å². The van der Waals surface area contributed by atoms with Gasteiger partial charge in [-0.1, -0.05) is 42.7 Å². The molecular weight excluding hydrogens is 355 g/mol. The second-order valence-electron chi connectivity index (χ2n) is 10.8. The minimum absolute atomic E-state index is 0.114. The Hall–Kier alpha value is -0.850. The molecule has 0 spiro atoms. The van der Waals surface area contributed by atoms with Gasteiger partial charge in [-0.2, -0.15) is 0 Å². The van der Waals surface area contributed by atoms with E-state index >= 15 is 0 Å². The van der Waals surface area contributed by atoms with E-state index in [1.54, 1.807) is 5.56 Å². The van der Waals surface area contributed by atoms with Crippen molar-refractivity contribution in [3.05, 3.63) is 35.4 Å². The van der Waals surface area contributed by atoms with Crippen LogP contribution in [0.2, 0.25) is 0 Å². The number of alkyl halides is 1. The Balaban J connectivity index is 1.17. The van der Waals surface area contributed by atoms with E-state index in [0.717, 1.165) is 48.3 Å². The Kier molecular flexibility index (Phi) is 7.71. The molecule has 3 aliphatic rings. The maximum Gasteiger partial charge on any atom is 0.0894 e. The third-order valence-corrected chi connectivity index (χ3v) is 9.11. The first-order chi connectivity index (χ1) is 14.2. The van der Waals surface area contributed by atoms with Crippen molar-refractivity contribution in [2.24, 2.45) is 29.6 Å². The van der Waals surface area contributed by atoms with Crippen LogP contribution in [0.25, 0.3) is 0 Å². The van der Waals surface area contributed by atoms with Gasteiger partial charge in [0, 0.05) is 0 Å². The van der Waals surface area contributed by atoms with Crippen LogP contribution in [-0.4, -0.2) is 6.67 Å². The lowest BCUT2D eigenvalue weighted by atomic mass is 9.64. The number of halogens is 1. The molecule has 1 aromatic carbocycles. The van der Waals surface area contributed by atoms with Crippen molar-refractivity contribution >= 4 is 0 Å². The van der Waals surface area contributed by atoms with Crippen LogP contribution in [0.15, 0.2) is 24.3 Å². The number of rotatable bonds is 6. The Morgan fingerprint density at radius 1 is 0.655 bits per heavy atom. The monoisotopic (exact) mass is 398 g/mol. The normalized spacial score (nSPS) is 36.1. The lowest BCUT2D eigenvalue weighted by molar-refractivity contribution is 0.108. The fourth-order valence-electron chi connectivity index (χ4n) is 7.16.